The normalized spacial score (nSPS) is 27.7. The number of guanidine groups is 1. The van der Waals surface area contributed by atoms with Crippen LogP contribution in [-0.2, 0) is 15.1 Å². The highest BCUT2D eigenvalue weighted by Crippen LogP contribution is 2.50. The highest BCUT2D eigenvalue weighted by molar-refractivity contribution is 6.07. The quantitative estimate of drug-likeness (QED) is 0.733. The zero-order valence-corrected chi connectivity index (χ0v) is 19.5. The summed E-state index contributed by atoms with van der Waals surface area (Å²) in [6.07, 6.45) is 1.73. The van der Waals surface area contributed by atoms with Crippen molar-refractivity contribution in [2.75, 3.05) is 13.7 Å². The zero-order valence-electron chi connectivity index (χ0n) is 19.5. The van der Waals surface area contributed by atoms with E-state index < -0.39 is 11.4 Å². The monoisotopic (exact) mass is 462 g/mol. The van der Waals surface area contributed by atoms with Crippen molar-refractivity contribution in [3.05, 3.63) is 53.3 Å². The largest absolute Gasteiger partial charge is 0.490 e. The van der Waals surface area contributed by atoms with E-state index in [9.17, 15) is 14.4 Å². The molecule has 2 N–H and O–H groups in total. The molecule has 3 heterocycles. The Morgan fingerprint density at radius 3 is 2.71 bits per heavy atom. The van der Waals surface area contributed by atoms with Gasteiger partial charge in [0.25, 0.3) is 5.91 Å². The first-order valence-corrected chi connectivity index (χ1v) is 11.4. The molecule has 0 aliphatic carbocycles. The molecule has 7 nitrogen and oxygen atoms in total. The Labute approximate surface area is 198 Å². The molecular weight excluding hydrogens is 435 g/mol. The van der Waals surface area contributed by atoms with Crippen molar-refractivity contribution in [2.24, 2.45) is 16.6 Å². The van der Waals surface area contributed by atoms with Gasteiger partial charge >= 0.3 is 0 Å². The van der Waals surface area contributed by atoms with Crippen molar-refractivity contribution in [2.45, 2.75) is 50.4 Å². The summed E-state index contributed by atoms with van der Waals surface area (Å²) >= 11 is 0. The van der Waals surface area contributed by atoms with Crippen LogP contribution in [0.2, 0.25) is 0 Å². The van der Waals surface area contributed by atoms with Gasteiger partial charge in [-0.2, -0.15) is 5.26 Å². The summed E-state index contributed by atoms with van der Waals surface area (Å²) in [6, 6.07) is 11.5. The van der Waals surface area contributed by atoms with E-state index in [1.807, 2.05) is 6.07 Å². The Morgan fingerprint density at radius 1 is 1.24 bits per heavy atom. The maximum Gasteiger partial charge on any atom is 0.261 e. The lowest BCUT2D eigenvalue weighted by Gasteiger charge is -2.44. The van der Waals surface area contributed by atoms with E-state index in [-0.39, 0.29) is 35.1 Å². The smallest absolute Gasteiger partial charge is 0.261 e. The van der Waals surface area contributed by atoms with Crippen LogP contribution in [0.5, 0.6) is 5.75 Å². The molecule has 2 aromatic rings. The summed E-state index contributed by atoms with van der Waals surface area (Å²) in [4.78, 5) is 19.6. The fourth-order valence-corrected chi connectivity index (χ4v) is 5.41. The number of carbonyl (C=O) groups is 1. The highest BCUT2D eigenvalue weighted by atomic mass is 19.1. The van der Waals surface area contributed by atoms with Gasteiger partial charge in [0.2, 0.25) is 0 Å². The molecule has 8 heteroatoms. The molecule has 1 amide bonds. The van der Waals surface area contributed by atoms with Gasteiger partial charge in [-0.3, -0.25) is 9.69 Å². The fraction of sp³-hybridized carbons (Fsp3) is 0.423. The summed E-state index contributed by atoms with van der Waals surface area (Å²) in [7, 11) is 1.61. The van der Waals surface area contributed by atoms with Gasteiger partial charge in [0, 0.05) is 37.1 Å². The van der Waals surface area contributed by atoms with Crippen molar-refractivity contribution in [1.82, 2.24) is 4.90 Å². The molecule has 1 spiro atoms. The summed E-state index contributed by atoms with van der Waals surface area (Å²) in [6.45, 7) is 4.75. The third-order valence-electron chi connectivity index (χ3n) is 7.18. The minimum Gasteiger partial charge on any atom is -0.490 e. The average Bonchev–Trinajstić information content (AvgIpc) is 3.02. The van der Waals surface area contributed by atoms with Gasteiger partial charge in [0.15, 0.2) is 11.5 Å². The lowest BCUT2D eigenvalue weighted by molar-refractivity contribution is -0.134. The molecule has 0 saturated carbocycles. The number of halogens is 1. The van der Waals surface area contributed by atoms with Crippen LogP contribution in [0.15, 0.2) is 41.4 Å². The molecule has 0 bridgehead atoms. The number of amides is 1. The Kier molecular flexibility index (Phi) is 5.14. The van der Waals surface area contributed by atoms with E-state index in [4.69, 9.17) is 15.2 Å². The molecule has 5 rings (SSSR count). The molecular formula is C26H27FN4O3. The van der Waals surface area contributed by atoms with E-state index in [2.05, 4.69) is 18.8 Å². The number of hydrogen-bond donors (Lipinski definition) is 1. The van der Waals surface area contributed by atoms with E-state index in [0.717, 1.165) is 12.8 Å². The summed E-state index contributed by atoms with van der Waals surface area (Å²) in [5.41, 5.74) is 6.33. The first-order chi connectivity index (χ1) is 16.1. The molecule has 176 valence electrons. The molecule has 1 fully saturated rings. The van der Waals surface area contributed by atoms with Crippen LogP contribution in [0, 0.1) is 23.1 Å². The second-order valence-corrected chi connectivity index (χ2v) is 9.93. The topological polar surface area (TPSA) is 101 Å². The van der Waals surface area contributed by atoms with Crippen LogP contribution >= 0.6 is 0 Å². The number of hydrogen-bond acceptors (Lipinski definition) is 6. The first kappa shape index (κ1) is 22.4. The van der Waals surface area contributed by atoms with Gasteiger partial charge in [-0.25, -0.2) is 9.38 Å². The molecule has 0 radical (unpaired) electrons. The van der Waals surface area contributed by atoms with E-state index in [0.29, 0.717) is 35.5 Å². The Balaban J connectivity index is 1.62. The number of benzene rings is 2. The SMILES string of the molecule is CN1C(=O)C2(CC(C3CCOC(C)(C)C3)Oc3ccc(-c4cc(C#N)ccc4F)cc32)N=C1N. The van der Waals surface area contributed by atoms with Crippen molar-refractivity contribution in [3.63, 3.8) is 0 Å². The number of carbonyl (C=O) groups excluding carboxylic acids is 1. The standard InChI is InChI=1S/C26H27FN4O3/c1-25(2)12-17(8-9-33-25)22-13-26(23(32)31(3)24(29)30-26)19-11-16(5-7-21(19)34-22)18-10-15(14-28)4-6-20(18)27/h4-7,10-11,17,22H,8-9,12-13H2,1-3H3,(H2,29,30). The number of nitrogens with zero attached hydrogens (tertiary/aromatic N) is 3. The molecule has 3 unspecified atom stereocenters. The van der Waals surface area contributed by atoms with Crippen LogP contribution in [0.25, 0.3) is 11.1 Å². The predicted molar refractivity (Wildman–Crippen MR) is 124 cm³/mol. The van der Waals surface area contributed by atoms with Gasteiger partial charge in [0.05, 0.1) is 17.2 Å². The number of nitrogens with two attached hydrogens (primary N) is 1. The number of likely N-dealkylation sites (N-methyl/N-ethyl adjacent to an activating group) is 1. The Bertz CT molecular complexity index is 1250. The van der Waals surface area contributed by atoms with Gasteiger partial charge in [0.1, 0.15) is 17.7 Å². The van der Waals surface area contributed by atoms with Crippen LogP contribution in [0.3, 0.4) is 0 Å². The molecule has 2 aromatic carbocycles. The molecule has 3 aliphatic heterocycles. The molecule has 1 saturated heterocycles. The van der Waals surface area contributed by atoms with E-state index in [1.165, 1.54) is 23.1 Å². The summed E-state index contributed by atoms with van der Waals surface area (Å²) < 4.78 is 27.0. The zero-order chi connectivity index (χ0) is 24.3. The van der Waals surface area contributed by atoms with Crippen LogP contribution < -0.4 is 10.5 Å². The maximum absolute atomic E-state index is 14.7. The van der Waals surface area contributed by atoms with Crippen molar-refractivity contribution in [3.8, 4) is 22.9 Å². The van der Waals surface area contributed by atoms with Crippen LogP contribution in [0.4, 0.5) is 4.39 Å². The number of aliphatic imine (C=N–C) groups is 1. The molecule has 0 aromatic heterocycles. The lowest BCUT2D eigenvalue weighted by atomic mass is 9.74. The minimum absolute atomic E-state index is 0.145. The summed E-state index contributed by atoms with van der Waals surface area (Å²) in [5.74, 6) is 0.195. The lowest BCUT2D eigenvalue weighted by Crippen LogP contribution is -2.49. The predicted octanol–water partition coefficient (Wildman–Crippen LogP) is 3.70. The number of ether oxygens (including phenoxy) is 2. The molecule has 34 heavy (non-hydrogen) atoms. The van der Waals surface area contributed by atoms with Crippen molar-refractivity contribution >= 4 is 11.9 Å². The van der Waals surface area contributed by atoms with Crippen molar-refractivity contribution in [1.29, 1.82) is 5.26 Å². The second kappa shape index (κ2) is 7.81. The van der Waals surface area contributed by atoms with Crippen LogP contribution in [-0.4, -0.2) is 42.1 Å². The fourth-order valence-electron chi connectivity index (χ4n) is 5.41. The van der Waals surface area contributed by atoms with Crippen LogP contribution in [0.1, 0.15) is 44.2 Å². The van der Waals surface area contributed by atoms with E-state index >= 15 is 0 Å². The number of nitriles is 1. The van der Waals surface area contributed by atoms with Gasteiger partial charge in [-0.05, 0) is 62.6 Å². The Hall–Kier alpha value is -3.44. The second-order valence-electron chi connectivity index (χ2n) is 9.93. The number of fused-ring (bicyclic) bond motifs is 2. The van der Waals surface area contributed by atoms with Gasteiger partial charge in [-0.1, -0.05) is 6.07 Å². The number of rotatable bonds is 2. The van der Waals surface area contributed by atoms with Gasteiger partial charge in [-0.15, -0.1) is 0 Å². The minimum atomic E-state index is -1.24. The first-order valence-electron chi connectivity index (χ1n) is 11.4. The molecule has 3 aliphatic rings. The third-order valence-corrected chi connectivity index (χ3v) is 7.18. The Morgan fingerprint density at radius 2 is 2.03 bits per heavy atom. The van der Waals surface area contributed by atoms with Gasteiger partial charge < -0.3 is 15.2 Å². The average molecular weight is 463 g/mol. The molecule has 3 atom stereocenters. The maximum atomic E-state index is 14.7. The van der Waals surface area contributed by atoms with Crippen molar-refractivity contribution < 1.29 is 18.7 Å². The summed E-state index contributed by atoms with van der Waals surface area (Å²) in [5, 5.41) is 9.26. The third kappa shape index (κ3) is 3.51. The van der Waals surface area contributed by atoms with E-state index in [1.54, 1.807) is 25.2 Å². The highest BCUT2D eigenvalue weighted by Gasteiger charge is 2.55.